The topological polar surface area (TPSA) is 85.6 Å². The van der Waals surface area contributed by atoms with E-state index in [9.17, 15) is 0 Å². The van der Waals surface area contributed by atoms with Crippen molar-refractivity contribution in [3.05, 3.63) is 41.5 Å². The molecule has 6 rings (SSSR count). The summed E-state index contributed by atoms with van der Waals surface area (Å²) in [6, 6.07) is 8.88. The quantitative estimate of drug-likeness (QED) is 0.566. The second-order valence-electron chi connectivity index (χ2n) is 9.71. The fourth-order valence-corrected chi connectivity index (χ4v) is 6.13. The summed E-state index contributed by atoms with van der Waals surface area (Å²) in [5, 5.41) is 16.1. The Morgan fingerprint density at radius 2 is 2.06 bits per heavy atom. The third-order valence-electron chi connectivity index (χ3n) is 8.16. The number of benzene rings is 1. The lowest BCUT2D eigenvalue weighted by atomic mass is 9.46. The van der Waals surface area contributed by atoms with Gasteiger partial charge in [-0.3, -0.25) is 0 Å². The highest BCUT2D eigenvalue weighted by Crippen LogP contribution is 2.62. The summed E-state index contributed by atoms with van der Waals surface area (Å²) in [4.78, 5) is 4.98. The van der Waals surface area contributed by atoms with Crippen LogP contribution in [0.2, 0.25) is 0 Å². The molecule has 170 valence electrons. The van der Waals surface area contributed by atoms with E-state index < -0.39 is 0 Å². The molecule has 1 saturated heterocycles. The predicted octanol–water partition coefficient (Wildman–Crippen LogP) is 2.64. The van der Waals surface area contributed by atoms with Crippen LogP contribution in [0.5, 0.6) is 5.75 Å². The largest absolute Gasteiger partial charge is 0.493 e. The third kappa shape index (κ3) is 3.10. The number of aliphatic imine (C=N–C) groups is 1. The van der Waals surface area contributed by atoms with E-state index in [1.54, 1.807) is 0 Å². The molecule has 4 atom stereocenters. The van der Waals surface area contributed by atoms with Crippen LogP contribution in [0.4, 0.5) is 0 Å². The highest BCUT2D eigenvalue weighted by Gasteiger charge is 2.66. The van der Waals surface area contributed by atoms with Gasteiger partial charge < -0.3 is 24.7 Å². The minimum atomic E-state index is 0.167. The molecular formula is C24H32N6O2. The van der Waals surface area contributed by atoms with Crippen molar-refractivity contribution in [2.24, 2.45) is 23.4 Å². The van der Waals surface area contributed by atoms with Gasteiger partial charge in [0.15, 0.2) is 11.8 Å². The van der Waals surface area contributed by atoms with Crippen LogP contribution < -0.4 is 15.4 Å². The Morgan fingerprint density at radius 1 is 1.19 bits per heavy atom. The van der Waals surface area contributed by atoms with E-state index in [1.165, 1.54) is 24.8 Å². The summed E-state index contributed by atoms with van der Waals surface area (Å²) in [7, 11) is 1.99. The van der Waals surface area contributed by atoms with Gasteiger partial charge in [-0.1, -0.05) is 24.6 Å². The number of aryl methyl sites for hydroxylation is 1. The van der Waals surface area contributed by atoms with E-state index in [4.69, 9.17) is 14.5 Å². The summed E-state index contributed by atoms with van der Waals surface area (Å²) in [5.74, 6) is 4.16. The average molecular weight is 437 g/mol. The maximum absolute atomic E-state index is 6.13. The number of ether oxygens (including phenoxy) is 2. The van der Waals surface area contributed by atoms with E-state index in [0.29, 0.717) is 36.6 Å². The zero-order valence-corrected chi connectivity index (χ0v) is 18.9. The van der Waals surface area contributed by atoms with Crippen molar-refractivity contribution in [3.63, 3.8) is 0 Å². The van der Waals surface area contributed by atoms with Crippen LogP contribution in [-0.4, -0.2) is 46.1 Å². The molecule has 8 heteroatoms. The molecule has 1 aromatic heterocycles. The second-order valence-corrected chi connectivity index (χ2v) is 9.71. The molecule has 2 saturated carbocycles. The van der Waals surface area contributed by atoms with Crippen molar-refractivity contribution in [1.82, 2.24) is 25.4 Å². The van der Waals surface area contributed by atoms with Crippen molar-refractivity contribution in [2.45, 2.75) is 63.8 Å². The molecule has 3 heterocycles. The zero-order chi connectivity index (χ0) is 21.7. The summed E-state index contributed by atoms with van der Waals surface area (Å²) in [5.41, 5.74) is 1.48. The van der Waals surface area contributed by atoms with Gasteiger partial charge >= 0.3 is 0 Å². The molecule has 2 aliphatic heterocycles. The Morgan fingerprint density at radius 3 is 2.84 bits per heavy atom. The number of fused-ring (bicyclic) bond motifs is 3. The fraction of sp³-hybridized carbons (Fsp3) is 0.625. The molecular weight excluding hydrogens is 404 g/mol. The Labute approximate surface area is 188 Å². The fourth-order valence-electron chi connectivity index (χ4n) is 6.13. The molecule has 1 aromatic carbocycles. The first-order chi connectivity index (χ1) is 15.7. The number of hydrogen-bond acceptors (Lipinski definition) is 5. The number of nitrogens with one attached hydrogen (secondary N) is 2. The SMILES string of the molecule is Cc1nnc(CN=C(NC2CCOc3ccccc32)NC2C3CCOC3C23CCC3)n1C. The van der Waals surface area contributed by atoms with Crippen LogP contribution in [0, 0.1) is 18.3 Å². The molecule has 0 bridgehead atoms. The standard InChI is InChI=1S/C24H32N6O2/c1-15-28-29-20(30(15)2)14-25-23(26-18-9-13-31-19-7-4-3-6-16(18)19)27-21-17-8-12-32-22(17)24(21)10-5-11-24/h3-4,6-7,17-18,21-22H,5,8-14H2,1-2H3,(H2,25,26,27). The number of aromatic nitrogens is 3. The lowest BCUT2D eigenvalue weighted by Gasteiger charge is -2.63. The van der Waals surface area contributed by atoms with Gasteiger partial charge in [0.2, 0.25) is 0 Å². The Bertz CT molecular complexity index is 1030. The first-order valence-corrected chi connectivity index (χ1v) is 11.9. The van der Waals surface area contributed by atoms with E-state index in [2.05, 4.69) is 33.0 Å². The van der Waals surface area contributed by atoms with Gasteiger partial charge in [-0.2, -0.15) is 0 Å². The normalized spacial score (nSPS) is 30.0. The first kappa shape index (κ1) is 20.0. The van der Waals surface area contributed by atoms with Crippen molar-refractivity contribution in [2.75, 3.05) is 13.2 Å². The predicted molar refractivity (Wildman–Crippen MR) is 120 cm³/mol. The van der Waals surface area contributed by atoms with E-state index in [0.717, 1.165) is 42.8 Å². The van der Waals surface area contributed by atoms with Gasteiger partial charge in [0.25, 0.3) is 0 Å². The third-order valence-corrected chi connectivity index (χ3v) is 8.16. The minimum Gasteiger partial charge on any atom is -0.493 e. The van der Waals surface area contributed by atoms with Crippen molar-refractivity contribution < 1.29 is 9.47 Å². The maximum atomic E-state index is 6.13. The van der Waals surface area contributed by atoms with E-state index in [-0.39, 0.29) is 6.04 Å². The number of para-hydroxylation sites is 1. The number of rotatable bonds is 4. The summed E-state index contributed by atoms with van der Waals surface area (Å²) in [6.07, 6.45) is 6.28. The summed E-state index contributed by atoms with van der Waals surface area (Å²) >= 11 is 0. The number of hydrogen-bond donors (Lipinski definition) is 2. The molecule has 0 radical (unpaired) electrons. The highest BCUT2D eigenvalue weighted by molar-refractivity contribution is 5.81. The van der Waals surface area contributed by atoms with Gasteiger partial charge in [-0.25, -0.2) is 4.99 Å². The molecule has 2 aliphatic carbocycles. The smallest absolute Gasteiger partial charge is 0.192 e. The van der Waals surface area contributed by atoms with Crippen LogP contribution in [0.25, 0.3) is 0 Å². The zero-order valence-electron chi connectivity index (χ0n) is 18.9. The monoisotopic (exact) mass is 436 g/mol. The van der Waals surface area contributed by atoms with E-state index in [1.807, 2.05) is 30.7 Å². The Kier molecular flexibility index (Phi) is 4.86. The van der Waals surface area contributed by atoms with Gasteiger partial charge in [0.05, 0.1) is 18.8 Å². The number of guanidine groups is 1. The van der Waals surface area contributed by atoms with Gasteiger partial charge in [-0.15, -0.1) is 10.2 Å². The molecule has 32 heavy (non-hydrogen) atoms. The molecule has 4 aliphatic rings. The van der Waals surface area contributed by atoms with Crippen LogP contribution in [0.3, 0.4) is 0 Å². The molecule has 2 N–H and O–H groups in total. The molecule has 4 unspecified atom stereocenters. The molecule has 8 nitrogen and oxygen atoms in total. The van der Waals surface area contributed by atoms with Crippen LogP contribution in [-0.2, 0) is 18.3 Å². The highest BCUT2D eigenvalue weighted by atomic mass is 16.5. The summed E-state index contributed by atoms with van der Waals surface area (Å²) in [6.45, 7) is 4.05. The Balaban J connectivity index is 1.27. The average Bonchev–Trinajstić information content (AvgIpc) is 3.34. The number of nitrogens with zero attached hydrogens (tertiary/aromatic N) is 4. The van der Waals surface area contributed by atoms with Gasteiger partial charge in [0, 0.05) is 43.0 Å². The van der Waals surface area contributed by atoms with Gasteiger partial charge in [0.1, 0.15) is 18.1 Å². The lowest BCUT2D eigenvalue weighted by Crippen LogP contribution is -2.72. The van der Waals surface area contributed by atoms with Crippen LogP contribution >= 0.6 is 0 Å². The second kappa shape index (κ2) is 7.76. The van der Waals surface area contributed by atoms with Crippen LogP contribution in [0.15, 0.2) is 29.3 Å². The Hall–Kier alpha value is -2.61. The molecule has 0 amide bonds. The molecule has 1 spiro atoms. The van der Waals surface area contributed by atoms with Crippen molar-refractivity contribution >= 4 is 5.96 Å². The molecule has 3 fully saturated rings. The first-order valence-electron chi connectivity index (χ1n) is 11.9. The van der Waals surface area contributed by atoms with E-state index >= 15 is 0 Å². The lowest BCUT2D eigenvalue weighted by molar-refractivity contribution is -0.171. The van der Waals surface area contributed by atoms with Crippen molar-refractivity contribution in [3.8, 4) is 5.75 Å². The molecule has 2 aromatic rings. The summed E-state index contributed by atoms with van der Waals surface area (Å²) < 4.78 is 14.0. The van der Waals surface area contributed by atoms with Crippen molar-refractivity contribution in [1.29, 1.82) is 0 Å². The minimum absolute atomic E-state index is 0.167. The maximum Gasteiger partial charge on any atom is 0.192 e. The van der Waals surface area contributed by atoms with Crippen LogP contribution in [0.1, 0.15) is 55.4 Å². The van der Waals surface area contributed by atoms with Gasteiger partial charge in [-0.05, 0) is 32.3 Å².